The fraction of sp³-hybridized carbons (Fsp3) is 0.333. The summed E-state index contributed by atoms with van der Waals surface area (Å²) < 4.78 is 5.18. The Morgan fingerprint density at radius 1 is 1.16 bits per heavy atom. The fourth-order valence-corrected chi connectivity index (χ4v) is 2.03. The van der Waals surface area contributed by atoms with E-state index in [1.54, 1.807) is 7.11 Å². The zero-order chi connectivity index (χ0) is 13.2. The number of methoxy groups -OCH3 is 1. The second-order valence-electron chi connectivity index (χ2n) is 4.75. The summed E-state index contributed by atoms with van der Waals surface area (Å²) in [6.07, 6.45) is 2.41. The van der Waals surface area contributed by atoms with E-state index in [4.69, 9.17) is 4.74 Å². The summed E-state index contributed by atoms with van der Waals surface area (Å²) in [6, 6.07) is 9.93. The molecule has 0 radical (unpaired) electrons. The molecule has 1 heterocycles. The van der Waals surface area contributed by atoms with Crippen molar-refractivity contribution < 1.29 is 4.74 Å². The van der Waals surface area contributed by atoms with E-state index in [0.717, 1.165) is 28.6 Å². The van der Waals surface area contributed by atoms with Crippen molar-refractivity contribution in [2.45, 2.75) is 18.8 Å². The molecule has 0 atom stereocenters. The molecule has 1 aliphatic rings. The summed E-state index contributed by atoms with van der Waals surface area (Å²) in [5.74, 6) is 3.24. The minimum absolute atomic E-state index is 0.547. The van der Waals surface area contributed by atoms with Gasteiger partial charge in [0.25, 0.3) is 0 Å². The van der Waals surface area contributed by atoms with Gasteiger partial charge in [-0.05, 0) is 37.1 Å². The van der Waals surface area contributed by atoms with Crippen molar-refractivity contribution in [1.29, 1.82) is 0 Å². The highest BCUT2D eigenvalue weighted by Crippen LogP contribution is 2.39. The van der Waals surface area contributed by atoms with Gasteiger partial charge < -0.3 is 10.1 Å². The van der Waals surface area contributed by atoms with E-state index in [0.29, 0.717) is 5.92 Å². The lowest BCUT2D eigenvalue weighted by Gasteiger charge is -2.08. The van der Waals surface area contributed by atoms with Gasteiger partial charge in [-0.1, -0.05) is 0 Å². The van der Waals surface area contributed by atoms with Crippen molar-refractivity contribution >= 4 is 5.82 Å². The van der Waals surface area contributed by atoms with Crippen LogP contribution in [-0.4, -0.2) is 24.1 Å². The smallest absolute Gasteiger partial charge is 0.134 e. The van der Waals surface area contributed by atoms with Crippen LogP contribution in [0.25, 0.3) is 11.3 Å². The SMILES string of the molecule is CNc1cc(-c2ccc(OC)cc2)nc(C2CC2)n1. The average Bonchev–Trinajstić information content (AvgIpc) is 3.31. The minimum Gasteiger partial charge on any atom is -0.497 e. The quantitative estimate of drug-likeness (QED) is 0.912. The van der Waals surface area contributed by atoms with Gasteiger partial charge in [-0.3, -0.25) is 0 Å². The fourth-order valence-electron chi connectivity index (χ4n) is 2.03. The molecule has 0 spiro atoms. The third kappa shape index (κ3) is 2.52. The van der Waals surface area contributed by atoms with Gasteiger partial charge in [-0.2, -0.15) is 0 Å². The summed E-state index contributed by atoms with van der Waals surface area (Å²) >= 11 is 0. The van der Waals surface area contributed by atoms with Gasteiger partial charge in [0.15, 0.2) is 0 Å². The predicted octanol–water partition coefficient (Wildman–Crippen LogP) is 3.07. The van der Waals surface area contributed by atoms with Crippen LogP contribution in [0, 0.1) is 0 Å². The Morgan fingerprint density at radius 3 is 2.47 bits per heavy atom. The third-order valence-corrected chi connectivity index (χ3v) is 3.33. The molecule has 4 nitrogen and oxygen atoms in total. The third-order valence-electron chi connectivity index (χ3n) is 3.33. The second-order valence-corrected chi connectivity index (χ2v) is 4.75. The van der Waals surface area contributed by atoms with Crippen LogP contribution in [0.3, 0.4) is 0 Å². The maximum atomic E-state index is 5.18. The van der Waals surface area contributed by atoms with Gasteiger partial charge >= 0.3 is 0 Å². The summed E-state index contributed by atoms with van der Waals surface area (Å²) in [7, 11) is 3.56. The molecule has 1 aromatic heterocycles. The predicted molar refractivity (Wildman–Crippen MR) is 75.5 cm³/mol. The summed E-state index contributed by atoms with van der Waals surface area (Å²) in [5, 5.41) is 3.11. The van der Waals surface area contributed by atoms with Crippen LogP contribution < -0.4 is 10.1 Å². The van der Waals surface area contributed by atoms with Gasteiger partial charge in [-0.15, -0.1) is 0 Å². The van der Waals surface area contributed by atoms with E-state index in [1.165, 1.54) is 12.8 Å². The minimum atomic E-state index is 0.547. The van der Waals surface area contributed by atoms with Gasteiger partial charge in [0.05, 0.1) is 12.8 Å². The number of benzene rings is 1. The van der Waals surface area contributed by atoms with Crippen LogP contribution in [-0.2, 0) is 0 Å². The molecule has 98 valence electrons. The maximum absolute atomic E-state index is 5.18. The summed E-state index contributed by atoms with van der Waals surface area (Å²) in [4.78, 5) is 9.20. The second kappa shape index (κ2) is 4.88. The molecule has 0 aliphatic heterocycles. The van der Waals surface area contributed by atoms with E-state index in [1.807, 2.05) is 37.4 Å². The zero-order valence-electron chi connectivity index (χ0n) is 11.2. The van der Waals surface area contributed by atoms with E-state index in [-0.39, 0.29) is 0 Å². The Hall–Kier alpha value is -2.10. The van der Waals surface area contributed by atoms with Crippen LogP contribution in [0.4, 0.5) is 5.82 Å². The zero-order valence-corrected chi connectivity index (χ0v) is 11.2. The van der Waals surface area contributed by atoms with Crippen molar-refractivity contribution in [2.75, 3.05) is 19.5 Å². The number of nitrogens with one attached hydrogen (secondary N) is 1. The molecule has 0 bridgehead atoms. The molecule has 2 aromatic rings. The molecule has 0 amide bonds. The molecule has 1 aliphatic carbocycles. The highest BCUT2D eigenvalue weighted by molar-refractivity contribution is 5.63. The number of aromatic nitrogens is 2. The molecular formula is C15H17N3O. The van der Waals surface area contributed by atoms with E-state index < -0.39 is 0 Å². The molecule has 1 fully saturated rings. The van der Waals surface area contributed by atoms with Crippen molar-refractivity contribution in [3.63, 3.8) is 0 Å². The van der Waals surface area contributed by atoms with Crippen LogP contribution >= 0.6 is 0 Å². The summed E-state index contributed by atoms with van der Waals surface area (Å²) in [5.41, 5.74) is 2.05. The van der Waals surface area contributed by atoms with Crippen LogP contribution in [0.15, 0.2) is 30.3 Å². The largest absolute Gasteiger partial charge is 0.497 e. The normalized spacial score (nSPS) is 14.2. The van der Waals surface area contributed by atoms with Gasteiger partial charge in [-0.25, -0.2) is 9.97 Å². The maximum Gasteiger partial charge on any atom is 0.134 e. The Morgan fingerprint density at radius 2 is 1.89 bits per heavy atom. The van der Waals surface area contributed by atoms with Crippen LogP contribution in [0.2, 0.25) is 0 Å². The number of anilines is 1. The molecule has 1 aromatic carbocycles. The topological polar surface area (TPSA) is 47.0 Å². The van der Waals surface area contributed by atoms with E-state index in [2.05, 4.69) is 15.3 Å². The molecule has 1 saturated carbocycles. The van der Waals surface area contributed by atoms with Gasteiger partial charge in [0.2, 0.25) is 0 Å². The van der Waals surface area contributed by atoms with Crippen LogP contribution in [0.1, 0.15) is 24.6 Å². The molecule has 0 saturated heterocycles. The first-order valence-corrected chi connectivity index (χ1v) is 6.51. The van der Waals surface area contributed by atoms with Crippen molar-refractivity contribution in [1.82, 2.24) is 9.97 Å². The Labute approximate surface area is 112 Å². The standard InChI is InChI=1S/C15H17N3O/c1-16-14-9-13(17-15(18-14)11-3-4-11)10-5-7-12(19-2)8-6-10/h5-9,11H,3-4H2,1-2H3,(H,16,17,18). The van der Waals surface area contributed by atoms with Gasteiger partial charge in [0.1, 0.15) is 17.4 Å². The average molecular weight is 255 g/mol. The highest BCUT2D eigenvalue weighted by Gasteiger charge is 2.27. The molecular weight excluding hydrogens is 238 g/mol. The Kier molecular flexibility index (Phi) is 3.07. The lowest BCUT2D eigenvalue weighted by atomic mass is 10.1. The first-order valence-electron chi connectivity index (χ1n) is 6.51. The van der Waals surface area contributed by atoms with E-state index in [9.17, 15) is 0 Å². The first kappa shape index (κ1) is 12.0. The first-order chi connectivity index (χ1) is 9.30. The molecule has 19 heavy (non-hydrogen) atoms. The van der Waals surface area contributed by atoms with Crippen LogP contribution in [0.5, 0.6) is 5.75 Å². The van der Waals surface area contributed by atoms with Gasteiger partial charge in [0, 0.05) is 24.6 Å². The van der Waals surface area contributed by atoms with Crippen molar-refractivity contribution in [3.05, 3.63) is 36.2 Å². The number of hydrogen-bond donors (Lipinski definition) is 1. The number of ether oxygens (including phenoxy) is 1. The Balaban J connectivity index is 1.99. The lowest BCUT2D eigenvalue weighted by molar-refractivity contribution is 0.415. The lowest BCUT2D eigenvalue weighted by Crippen LogP contribution is -2.00. The number of rotatable bonds is 4. The van der Waals surface area contributed by atoms with Crippen molar-refractivity contribution in [2.24, 2.45) is 0 Å². The highest BCUT2D eigenvalue weighted by atomic mass is 16.5. The molecule has 3 rings (SSSR count). The number of nitrogens with zero attached hydrogens (tertiary/aromatic N) is 2. The monoisotopic (exact) mass is 255 g/mol. The molecule has 1 N–H and O–H groups in total. The summed E-state index contributed by atoms with van der Waals surface area (Å²) in [6.45, 7) is 0. The van der Waals surface area contributed by atoms with Crippen molar-refractivity contribution in [3.8, 4) is 17.0 Å². The Bertz CT molecular complexity index is 576. The van der Waals surface area contributed by atoms with E-state index >= 15 is 0 Å². The molecule has 0 unspecified atom stereocenters. The molecule has 4 heteroatoms. The number of hydrogen-bond acceptors (Lipinski definition) is 4.